The van der Waals surface area contributed by atoms with Gasteiger partial charge in [0.2, 0.25) is 0 Å². The Hall–Kier alpha value is -1.05. The van der Waals surface area contributed by atoms with Gasteiger partial charge in [-0.2, -0.15) is 5.10 Å². The van der Waals surface area contributed by atoms with E-state index >= 15 is 0 Å². The van der Waals surface area contributed by atoms with E-state index < -0.39 is 0 Å². The van der Waals surface area contributed by atoms with Crippen molar-refractivity contribution in [1.82, 2.24) is 9.78 Å². The first kappa shape index (κ1) is 7.06. The van der Waals surface area contributed by atoms with Crippen LogP contribution in [-0.2, 0) is 0 Å². The number of rotatable bonds is 1. The monoisotopic (exact) mass is 136 g/mol. The van der Waals surface area contributed by atoms with E-state index in [1.807, 2.05) is 27.0 Å². The van der Waals surface area contributed by atoms with E-state index in [2.05, 4.69) is 11.7 Å². The molecule has 0 aliphatic heterocycles. The van der Waals surface area contributed by atoms with Gasteiger partial charge in [-0.3, -0.25) is 0 Å². The SMILES string of the molecule is C=C(C)n1cc(C)c(C)n1. The average Bonchev–Trinajstić information content (AvgIpc) is 2.13. The molecular formula is C8H12N2. The lowest BCUT2D eigenvalue weighted by molar-refractivity contribution is 0.879. The van der Waals surface area contributed by atoms with Crippen molar-refractivity contribution in [2.75, 3.05) is 0 Å². The normalized spacial score (nSPS) is 9.90. The highest BCUT2D eigenvalue weighted by atomic mass is 15.3. The lowest BCUT2D eigenvalue weighted by atomic mass is 10.3. The molecule has 0 fully saturated rings. The molecule has 10 heavy (non-hydrogen) atoms. The molecule has 1 rings (SSSR count). The van der Waals surface area contributed by atoms with Crippen LogP contribution in [0.5, 0.6) is 0 Å². The van der Waals surface area contributed by atoms with Crippen molar-refractivity contribution in [3.8, 4) is 0 Å². The number of nitrogens with zero attached hydrogens (tertiary/aromatic N) is 2. The highest BCUT2D eigenvalue weighted by Gasteiger charge is 1.98. The maximum Gasteiger partial charge on any atom is 0.0627 e. The Morgan fingerprint density at radius 3 is 2.40 bits per heavy atom. The maximum absolute atomic E-state index is 4.23. The van der Waals surface area contributed by atoms with Crippen LogP contribution in [0, 0.1) is 13.8 Å². The van der Waals surface area contributed by atoms with Crippen molar-refractivity contribution < 1.29 is 0 Å². The Balaban J connectivity index is 3.10. The summed E-state index contributed by atoms with van der Waals surface area (Å²) in [5.41, 5.74) is 3.24. The molecule has 2 nitrogen and oxygen atoms in total. The number of hydrogen-bond acceptors (Lipinski definition) is 1. The molecule has 0 N–H and O–H groups in total. The summed E-state index contributed by atoms with van der Waals surface area (Å²) in [4.78, 5) is 0. The van der Waals surface area contributed by atoms with E-state index in [1.165, 1.54) is 5.56 Å². The first-order valence-corrected chi connectivity index (χ1v) is 3.30. The summed E-state index contributed by atoms with van der Waals surface area (Å²) in [5.74, 6) is 0. The molecule has 54 valence electrons. The van der Waals surface area contributed by atoms with Crippen LogP contribution in [0.25, 0.3) is 5.70 Å². The smallest absolute Gasteiger partial charge is 0.0627 e. The molecule has 0 saturated heterocycles. The maximum atomic E-state index is 4.23. The van der Waals surface area contributed by atoms with E-state index in [4.69, 9.17) is 0 Å². The van der Waals surface area contributed by atoms with Crippen LogP contribution in [0.2, 0.25) is 0 Å². The standard InChI is InChI=1S/C8H12N2/c1-6(2)10-5-7(3)8(4)9-10/h5H,1H2,2-4H3. The van der Waals surface area contributed by atoms with Crippen LogP contribution < -0.4 is 0 Å². The van der Waals surface area contributed by atoms with Gasteiger partial charge in [-0.25, -0.2) is 4.68 Å². The van der Waals surface area contributed by atoms with Gasteiger partial charge in [0.1, 0.15) is 0 Å². The van der Waals surface area contributed by atoms with Crippen molar-refractivity contribution in [1.29, 1.82) is 0 Å². The second-order valence-corrected chi connectivity index (χ2v) is 2.58. The third-order valence-corrected chi connectivity index (χ3v) is 1.54. The van der Waals surface area contributed by atoms with E-state index in [0.29, 0.717) is 0 Å². The Morgan fingerprint density at radius 2 is 2.20 bits per heavy atom. The molecule has 0 spiro atoms. The van der Waals surface area contributed by atoms with Gasteiger partial charge in [-0.1, -0.05) is 6.58 Å². The fraction of sp³-hybridized carbons (Fsp3) is 0.375. The first-order valence-electron chi connectivity index (χ1n) is 3.30. The van der Waals surface area contributed by atoms with Crippen molar-refractivity contribution in [2.45, 2.75) is 20.8 Å². The molecular weight excluding hydrogens is 124 g/mol. The number of hydrogen-bond donors (Lipinski definition) is 0. The summed E-state index contributed by atoms with van der Waals surface area (Å²) >= 11 is 0. The van der Waals surface area contributed by atoms with Crippen LogP contribution in [0.3, 0.4) is 0 Å². The average molecular weight is 136 g/mol. The number of allylic oxidation sites excluding steroid dienone is 1. The summed E-state index contributed by atoms with van der Waals surface area (Å²) in [6, 6.07) is 0. The van der Waals surface area contributed by atoms with Gasteiger partial charge >= 0.3 is 0 Å². The Labute approximate surface area is 61.2 Å². The summed E-state index contributed by atoms with van der Waals surface area (Å²) in [5, 5.41) is 4.23. The van der Waals surface area contributed by atoms with Gasteiger partial charge < -0.3 is 0 Å². The van der Waals surface area contributed by atoms with Crippen molar-refractivity contribution >= 4 is 5.70 Å². The third-order valence-electron chi connectivity index (χ3n) is 1.54. The molecule has 1 aromatic heterocycles. The quantitative estimate of drug-likeness (QED) is 0.577. The summed E-state index contributed by atoms with van der Waals surface area (Å²) in [6.45, 7) is 9.75. The van der Waals surface area contributed by atoms with Gasteiger partial charge in [-0.05, 0) is 26.3 Å². The predicted molar refractivity (Wildman–Crippen MR) is 42.7 cm³/mol. The zero-order valence-corrected chi connectivity index (χ0v) is 6.68. The molecule has 1 heterocycles. The van der Waals surface area contributed by atoms with Gasteiger partial charge in [0.05, 0.1) is 5.69 Å². The minimum absolute atomic E-state index is 0.955. The molecule has 0 saturated carbocycles. The highest BCUT2D eigenvalue weighted by Crippen LogP contribution is 2.06. The van der Waals surface area contributed by atoms with Gasteiger partial charge in [0, 0.05) is 11.9 Å². The number of aryl methyl sites for hydroxylation is 2. The van der Waals surface area contributed by atoms with Crippen molar-refractivity contribution in [3.05, 3.63) is 24.0 Å². The molecule has 0 aliphatic rings. The van der Waals surface area contributed by atoms with Gasteiger partial charge in [0.15, 0.2) is 0 Å². The molecule has 2 heteroatoms. The predicted octanol–water partition coefficient (Wildman–Crippen LogP) is 1.99. The van der Waals surface area contributed by atoms with Crippen molar-refractivity contribution in [2.24, 2.45) is 0 Å². The molecule has 1 aromatic rings. The van der Waals surface area contributed by atoms with E-state index in [9.17, 15) is 0 Å². The van der Waals surface area contributed by atoms with Crippen LogP contribution >= 0.6 is 0 Å². The molecule has 0 radical (unpaired) electrons. The molecule has 0 bridgehead atoms. The Morgan fingerprint density at radius 1 is 1.60 bits per heavy atom. The number of aromatic nitrogens is 2. The largest absolute Gasteiger partial charge is 0.245 e. The van der Waals surface area contributed by atoms with E-state index in [0.717, 1.165) is 11.4 Å². The summed E-state index contributed by atoms with van der Waals surface area (Å²) in [6.07, 6.45) is 1.98. The zero-order valence-electron chi connectivity index (χ0n) is 6.68. The lowest BCUT2D eigenvalue weighted by Gasteiger charge is -1.94. The van der Waals surface area contributed by atoms with Crippen LogP contribution in [-0.4, -0.2) is 9.78 Å². The molecule has 0 amide bonds. The van der Waals surface area contributed by atoms with Crippen molar-refractivity contribution in [3.63, 3.8) is 0 Å². The van der Waals surface area contributed by atoms with Crippen LogP contribution in [0.4, 0.5) is 0 Å². The van der Waals surface area contributed by atoms with Gasteiger partial charge in [0.25, 0.3) is 0 Å². The molecule has 0 aromatic carbocycles. The summed E-state index contributed by atoms with van der Waals surface area (Å²) < 4.78 is 1.80. The fourth-order valence-corrected chi connectivity index (χ4v) is 0.742. The highest BCUT2D eigenvalue weighted by molar-refractivity contribution is 5.37. The fourth-order valence-electron chi connectivity index (χ4n) is 0.742. The minimum atomic E-state index is 0.955. The Bertz CT molecular complexity index is 239. The van der Waals surface area contributed by atoms with Crippen LogP contribution in [0.15, 0.2) is 12.8 Å². The Kier molecular flexibility index (Phi) is 1.62. The summed E-state index contributed by atoms with van der Waals surface area (Å²) in [7, 11) is 0. The van der Waals surface area contributed by atoms with Crippen LogP contribution in [0.1, 0.15) is 18.2 Å². The van der Waals surface area contributed by atoms with Gasteiger partial charge in [-0.15, -0.1) is 0 Å². The molecule has 0 atom stereocenters. The lowest BCUT2D eigenvalue weighted by Crippen LogP contribution is -1.91. The zero-order chi connectivity index (χ0) is 7.72. The first-order chi connectivity index (χ1) is 4.61. The second-order valence-electron chi connectivity index (χ2n) is 2.58. The second kappa shape index (κ2) is 2.29. The third kappa shape index (κ3) is 1.10. The minimum Gasteiger partial charge on any atom is -0.245 e. The molecule has 0 unspecified atom stereocenters. The molecule has 0 aliphatic carbocycles. The van der Waals surface area contributed by atoms with E-state index in [-0.39, 0.29) is 0 Å². The van der Waals surface area contributed by atoms with E-state index in [1.54, 1.807) is 4.68 Å². The topological polar surface area (TPSA) is 17.8 Å².